The molecule has 6 nitrogen and oxygen atoms in total. The van der Waals surface area contributed by atoms with Crippen molar-refractivity contribution in [3.8, 4) is 0 Å². The number of guanidine groups is 1. The van der Waals surface area contributed by atoms with E-state index in [9.17, 15) is 0 Å². The van der Waals surface area contributed by atoms with Crippen LogP contribution in [0.4, 0.5) is 0 Å². The molecule has 7 heteroatoms. The fraction of sp³-hybridized carbons (Fsp3) is 0.810. The molecule has 1 aromatic heterocycles. The van der Waals surface area contributed by atoms with Gasteiger partial charge < -0.3 is 10.2 Å². The highest BCUT2D eigenvalue weighted by molar-refractivity contribution is 14.0. The van der Waals surface area contributed by atoms with E-state index < -0.39 is 0 Å². The lowest BCUT2D eigenvalue weighted by Gasteiger charge is -2.34. The van der Waals surface area contributed by atoms with Gasteiger partial charge in [0.1, 0.15) is 0 Å². The maximum atomic E-state index is 4.95. The van der Waals surface area contributed by atoms with E-state index in [1.54, 1.807) is 0 Å². The molecule has 1 aliphatic rings. The SMILES string of the molecule is CCNC(=NCC(C)N1CCC(C)CC1)N(C)Cc1cn(C)nc1C(C)C.I. The first-order valence-electron chi connectivity index (χ1n) is 10.6. The maximum absolute atomic E-state index is 4.95. The van der Waals surface area contributed by atoms with Gasteiger partial charge >= 0.3 is 0 Å². The number of aryl methyl sites for hydroxylation is 1. The first kappa shape index (κ1) is 25.2. The van der Waals surface area contributed by atoms with Crippen LogP contribution < -0.4 is 5.32 Å². The van der Waals surface area contributed by atoms with E-state index in [2.05, 4.69) is 68.1 Å². The Morgan fingerprint density at radius 3 is 2.54 bits per heavy atom. The van der Waals surface area contributed by atoms with Gasteiger partial charge in [-0.15, -0.1) is 24.0 Å². The van der Waals surface area contributed by atoms with E-state index in [1.807, 2.05) is 11.7 Å². The molecule has 162 valence electrons. The van der Waals surface area contributed by atoms with Crippen molar-refractivity contribution in [2.24, 2.45) is 18.0 Å². The maximum Gasteiger partial charge on any atom is 0.194 e. The molecule has 0 amide bonds. The van der Waals surface area contributed by atoms with Crippen LogP contribution in [0.5, 0.6) is 0 Å². The molecule has 2 rings (SSSR count). The van der Waals surface area contributed by atoms with Crippen LogP contribution >= 0.6 is 24.0 Å². The lowest BCUT2D eigenvalue weighted by molar-refractivity contribution is 0.150. The Labute approximate surface area is 189 Å². The summed E-state index contributed by atoms with van der Waals surface area (Å²) in [7, 11) is 4.11. The summed E-state index contributed by atoms with van der Waals surface area (Å²) in [4.78, 5) is 9.76. The van der Waals surface area contributed by atoms with Gasteiger partial charge in [-0.1, -0.05) is 20.8 Å². The molecule has 0 spiro atoms. The van der Waals surface area contributed by atoms with Crippen LogP contribution in [0.3, 0.4) is 0 Å². The number of hydrogen-bond acceptors (Lipinski definition) is 3. The fourth-order valence-corrected chi connectivity index (χ4v) is 3.77. The molecule has 0 aromatic carbocycles. The summed E-state index contributed by atoms with van der Waals surface area (Å²) in [5.74, 6) is 2.28. The van der Waals surface area contributed by atoms with Crippen molar-refractivity contribution in [2.45, 2.75) is 66.0 Å². The van der Waals surface area contributed by atoms with Gasteiger partial charge in [-0.3, -0.25) is 14.6 Å². The Morgan fingerprint density at radius 2 is 1.96 bits per heavy atom. The zero-order valence-electron chi connectivity index (χ0n) is 18.9. The van der Waals surface area contributed by atoms with Crippen LogP contribution in [0.15, 0.2) is 11.2 Å². The Morgan fingerprint density at radius 1 is 1.32 bits per heavy atom. The topological polar surface area (TPSA) is 48.7 Å². The highest BCUT2D eigenvalue weighted by atomic mass is 127. The largest absolute Gasteiger partial charge is 0.357 e. The van der Waals surface area contributed by atoms with Crippen molar-refractivity contribution in [1.82, 2.24) is 24.9 Å². The van der Waals surface area contributed by atoms with E-state index in [4.69, 9.17) is 4.99 Å². The number of piperidine rings is 1. The van der Waals surface area contributed by atoms with Crippen molar-refractivity contribution in [1.29, 1.82) is 0 Å². The van der Waals surface area contributed by atoms with Crippen molar-refractivity contribution >= 4 is 29.9 Å². The standard InChI is InChI=1S/C21H40N6.HI/c1-8-22-21(23-13-18(5)27-11-9-17(4)10-12-27)25(6)14-19-15-26(7)24-20(19)16(2)3;/h15-18H,8-14H2,1-7H3,(H,22,23);1H. The third kappa shape index (κ3) is 7.21. The van der Waals surface area contributed by atoms with Gasteiger partial charge in [-0.05, 0) is 51.6 Å². The predicted octanol–water partition coefficient (Wildman–Crippen LogP) is 3.68. The third-order valence-electron chi connectivity index (χ3n) is 5.53. The van der Waals surface area contributed by atoms with E-state index in [1.165, 1.54) is 37.2 Å². The smallest absolute Gasteiger partial charge is 0.194 e. The molecule has 0 aliphatic carbocycles. The molecule has 1 aromatic rings. The second-order valence-corrected chi connectivity index (χ2v) is 8.49. The van der Waals surface area contributed by atoms with Gasteiger partial charge in [0.05, 0.1) is 12.2 Å². The number of hydrogen-bond donors (Lipinski definition) is 1. The molecular formula is C21H41IN6. The van der Waals surface area contributed by atoms with E-state index in [-0.39, 0.29) is 24.0 Å². The lowest BCUT2D eigenvalue weighted by Crippen LogP contribution is -2.43. The van der Waals surface area contributed by atoms with Gasteiger partial charge in [-0.25, -0.2) is 0 Å². The summed E-state index contributed by atoms with van der Waals surface area (Å²) in [6, 6.07) is 0.490. The molecule has 0 radical (unpaired) electrons. The molecular weight excluding hydrogens is 463 g/mol. The number of likely N-dealkylation sites (tertiary alicyclic amines) is 1. The second kappa shape index (κ2) is 12.0. The van der Waals surface area contributed by atoms with Crippen molar-refractivity contribution in [2.75, 3.05) is 33.2 Å². The molecule has 28 heavy (non-hydrogen) atoms. The van der Waals surface area contributed by atoms with Crippen molar-refractivity contribution < 1.29 is 0 Å². The molecule has 2 heterocycles. The van der Waals surface area contributed by atoms with Gasteiger partial charge in [-0.2, -0.15) is 5.10 Å². The predicted molar refractivity (Wildman–Crippen MR) is 130 cm³/mol. The van der Waals surface area contributed by atoms with Gasteiger partial charge in [0.2, 0.25) is 0 Å². The summed E-state index contributed by atoms with van der Waals surface area (Å²) >= 11 is 0. The van der Waals surface area contributed by atoms with Crippen molar-refractivity contribution in [3.63, 3.8) is 0 Å². The molecule has 1 atom stereocenters. The average Bonchev–Trinajstić information content (AvgIpc) is 2.99. The van der Waals surface area contributed by atoms with Crippen LogP contribution in [0.2, 0.25) is 0 Å². The summed E-state index contributed by atoms with van der Waals surface area (Å²) in [5, 5.41) is 8.09. The minimum Gasteiger partial charge on any atom is -0.357 e. The second-order valence-electron chi connectivity index (χ2n) is 8.49. The molecule has 1 fully saturated rings. The summed E-state index contributed by atoms with van der Waals surface area (Å²) in [5.41, 5.74) is 2.45. The van der Waals surface area contributed by atoms with E-state index in [0.717, 1.165) is 31.5 Å². The molecule has 1 N–H and O–H groups in total. The van der Waals surface area contributed by atoms with E-state index in [0.29, 0.717) is 12.0 Å². The normalized spacial score (nSPS) is 17.5. The fourth-order valence-electron chi connectivity index (χ4n) is 3.77. The van der Waals surface area contributed by atoms with Crippen LogP contribution in [-0.2, 0) is 13.6 Å². The number of nitrogens with one attached hydrogen (secondary N) is 1. The lowest BCUT2D eigenvalue weighted by atomic mass is 9.98. The highest BCUT2D eigenvalue weighted by Crippen LogP contribution is 2.19. The summed E-state index contributed by atoms with van der Waals surface area (Å²) < 4.78 is 1.92. The van der Waals surface area contributed by atoms with Gasteiger partial charge in [0.15, 0.2) is 5.96 Å². The summed E-state index contributed by atoms with van der Waals surface area (Å²) in [6.45, 7) is 16.1. The first-order chi connectivity index (χ1) is 12.8. The molecule has 1 unspecified atom stereocenters. The molecule has 1 saturated heterocycles. The van der Waals surface area contributed by atoms with Gasteiger partial charge in [0.25, 0.3) is 0 Å². The molecule has 0 bridgehead atoms. The van der Waals surface area contributed by atoms with Crippen LogP contribution in [0, 0.1) is 5.92 Å². The third-order valence-corrected chi connectivity index (χ3v) is 5.53. The number of halogens is 1. The van der Waals surface area contributed by atoms with Crippen LogP contribution in [0.1, 0.15) is 64.6 Å². The Hall–Kier alpha value is -0.830. The Kier molecular flexibility index (Phi) is 10.8. The number of aromatic nitrogens is 2. The monoisotopic (exact) mass is 504 g/mol. The average molecular weight is 505 g/mol. The molecule has 0 saturated carbocycles. The molecule has 1 aliphatic heterocycles. The first-order valence-corrected chi connectivity index (χ1v) is 10.6. The Balaban J connectivity index is 0.00000392. The van der Waals surface area contributed by atoms with Crippen molar-refractivity contribution in [3.05, 3.63) is 17.5 Å². The minimum absolute atomic E-state index is 0. The zero-order valence-corrected chi connectivity index (χ0v) is 21.2. The minimum atomic E-state index is 0. The van der Waals surface area contributed by atoms with E-state index >= 15 is 0 Å². The number of aliphatic imine (C=N–C) groups is 1. The zero-order chi connectivity index (χ0) is 20.0. The number of nitrogens with zero attached hydrogens (tertiary/aromatic N) is 5. The van der Waals surface area contributed by atoms with Crippen LogP contribution in [0.25, 0.3) is 0 Å². The quantitative estimate of drug-likeness (QED) is 0.350. The summed E-state index contributed by atoms with van der Waals surface area (Å²) in [6.07, 6.45) is 4.76. The highest BCUT2D eigenvalue weighted by Gasteiger charge is 2.20. The van der Waals surface area contributed by atoms with Gasteiger partial charge in [0, 0.05) is 45.0 Å². The number of rotatable bonds is 7. The Bertz CT molecular complexity index is 604. The van der Waals surface area contributed by atoms with Crippen LogP contribution in [-0.4, -0.2) is 64.8 Å².